The normalized spacial score (nSPS) is 11.4. The maximum atomic E-state index is 14.0. The Hall–Kier alpha value is -6.26. The molecule has 0 radical (unpaired) electrons. The van der Waals surface area contributed by atoms with Crippen molar-refractivity contribution in [2.24, 2.45) is 0 Å². The number of nitrogens with one attached hydrogen (secondary N) is 6. The molecule has 0 bridgehead atoms. The van der Waals surface area contributed by atoms with E-state index in [1.54, 1.807) is 36.4 Å². The summed E-state index contributed by atoms with van der Waals surface area (Å²) in [6.07, 6.45) is 0. The third kappa shape index (κ3) is 5.99. The van der Waals surface area contributed by atoms with Gasteiger partial charge in [-0.3, -0.25) is 39.0 Å². The summed E-state index contributed by atoms with van der Waals surface area (Å²) >= 11 is 0. The standard InChI is InChI=1S/C28H29N9O8/c1-29-18(38)13-35-24(39)20(22(30-2)33-27(35)42)19(21-23(31-3)34-28(43)36(25(21)40)26(41)32-4)16-7-5-14(6-8-16)15-9-11-17(12-10-15)37(44)45/h5-12,19,30-31H,13H2,1-4H3,(H,29,38)(H,32,41)(H,33,42)(H,34,43)/t19-/m1/s1. The van der Waals surface area contributed by atoms with Gasteiger partial charge in [-0.15, -0.1) is 0 Å². The zero-order valence-electron chi connectivity index (χ0n) is 24.5. The fraction of sp³-hybridized carbons (Fsp3) is 0.214. The van der Waals surface area contributed by atoms with E-state index in [0.29, 0.717) is 25.8 Å². The minimum atomic E-state index is -1.33. The summed E-state index contributed by atoms with van der Waals surface area (Å²) in [5, 5.41) is 21.1. The van der Waals surface area contributed by atoms with E-state index >= 15 is 0 Å². The fourth-order valence-corrected chi connectivity index (χ4v) is 4.85. The average Bonchev–Trinajstić information content (AvgIpc) is 3.04. The van der Waals surface area contributed by atoms with E-state index in [4.69, 9.17) is 0 Å². The number of carbonyl (C=O) groups excluding carboxylic acids is 2. The molecule has 0 unspecified atom stereocenters. The smallest absolute Gasteiger partial charge is 0.338 e. The molecular formula is C28H29N9O8. The van der Waals surface area contributed by atoms with Gasteiger partial charge in [0.05, 0.1) is 22.0 Å². The molecule has 0 fully saturated rings. The van der Waals surface area contributed by atoms with Crippen LogP contribution < -0.4 is 43.8 Å². The second-order valence-corrected chi connectivity index (χ2v) is 9.56. The van der Waals surface area contributed by atoms with Crippen LogP contribution in [-0.4, -0.2) is 64.2 Å². The number of benzene rings is 2. The number of rotatable bonds is 9. The average molecular weight is 620 g/mol. The van der Waals surface area contributed by atoms with Crippen LogP contribution in [0.25, 0.3) is 11.1 Å². The Morgan fingerprint density at radius 1 is 0.778 bits per heavy atom. The van der Waals surface area contributed by atoms with Gasteiger partial charge in [-0.2, -0.15) is 4.57 Å². The number of aromatic amines is 2. The SMILES string of the molecule is CNC(=O)Cn1c(=O)[nH]c(NC)c([C@@H](c2ccc(-c3ccc([N+](=O)[O-])cc3)cc2)c2c(NC)[nH]c(=O)n(C(=O)NC)c2=O)c1=O. The summed E-state index contributed by atoms with van der Waals surface area (Å²) in [5.74, 6) is -2.17. The number of H-pyrrole nitrogens is 2. The van der Waals surface area contributed by atoms with Crippen LogP contribution in [0.5, 0.6) is 0 Å². The molecule has 4 aromatic rings. The van der Waals surface area contributed by atoms with Gasteiger partial charge in [0.2, 0.25) is 5.91 Å². The zero-order valence-corrected chi connectivity index (χ0v) is 24.5. The molecule has 17 heteroatoms. The number of hydrogen-bond donors (Lipinski definition) is 6. The quantitative estimate of drug-likeness (QED) is 0.110. The van der Waals surface area contributed by atoms with Gasteiger partial charge < -0.3 is 21.3 Å². The predicted molar refractivity (Wildman–Crippen MR) is 165 cm³/mol. The highest BCUT2D eigenvalue weighted by Gasteiger charge is 2.32. The molecule has 0 saturated heterocycles. The molecule has 2 amide bonds. The number of non-ortho nitro benzene ring substituents is 1. The van der Waals surface area contributed by atoms with Crippen LogP contribution >= 0.6 is 0 Å². The van der Waals surface area contributed by atoms with Gasteiger partial charge in [0, 0.05) is 40.3 Å². The zero-order chi connectivity index (χ0) is 33.0. The molecular weight excluding hydrogens is 590 g/mol. The Labute approximate surface area is 253 Å². The Balaban J connectivity index is 2.08. The van der Waals surface area contributed by atoms with Crippen LogP contribution in [-0.2, 0) is 11.3 Å². The van der Waals surface area contributed by atoms with Gasteiger partial charge in [0.25, 0.3) is 16.8 Å². The van der Waals surface area contributed by atoms with Crippen LogP contribution in [0.15, 0.2) is 67.7 Å². The highest BCUT2D eigenvalue weighted by molar-refractivity contribution is 5.77. The summed E-state index contributed by atoms with van der Waals surface area (Å²) in [6.45, 7) is -0.638. The van der Waals surface area contributed by atoms with Gasteiger partial charge in [-0.25, -0.2) is 14.4 Å². The minimum Gasteiger partial charge on any atom is -0.374 e. The van der Waals surface area contributed by atoms with Gasteiger partial charge in [0.15, 0.2) is 0 Å². The lowest BCUT2D eigenvalue weighted by atomic mass is 9.85. The van der Waals surface area contributed by atoms with E-state index in [1.807, 2.05) is 0 Å². The van der Waals surface area contributed by atoms with Gasteiger partial charge >= 0.3 is 17.4 Å². The first kappa shape index (κ1) is 31.7. The van der Waals surface area contributed by atoms with Crippen molar-refractivity contribution >= 4 is 29.3 Å². The van der Waals surface area contributed by atoms with Gasteiger partial charge in [0.1, 0.15) is 18.2 Å². The first-order valence-electron chi connectivity index (χ1n) is 13.4. The second kappa shape index (κ2) is 12.9. The highest BCUT2D eigenvalue weighted by atomic mass is 16.6. The summed E-state index contributed by atoms with van der Waals surface area (Å²) in [5.41, 5.74) is -2.83. The molecule has 4 rings (SSSR count). The van der Waals surface area contributed by atoms with Crippen molar-refractivity contribution in [3.63, 3.8) is 0 Å². The second-order valence-electron chi connectivity index (χ2n) is 9.56. The Morgan fingerprint density at radius 3 is 1.78 bits per heavy atom. The molecule has 0 aliphatic heterocycles. The topological polar surface area (TPSA) is 235 Å². The van der Waals surface area contributed by atoms with Crippen LogP contribution in [0.2, 0.25) is 0 Å². The van der Waals surface area contributed by atoms with Crippen LogP contribution in [0.4, 0.5) is 22.1 Å². The molecule has 0 aliphatic rings. The number of carbonyl (C=O) groups is 2. The van der Waals surface area contributed by atoms with Crippen molar-refractivity contribution in [3.05, 3.63) is 117 Å². The Kier molecular flexibility index (Phi) is 9.11. The molecule has 2 aromatic carbocycles. The summed E-state index contributed by atoms with van der Waals surface area (Å²) in [7, 11) is 5.41. The molecule has 2 heterocycles. The molecule has 234 valence electrons. The molecule has 6 N–H and O–H groups in total. The highest BCUT2D eigenvalue weighted by Crippen LogP contribution is 2.35. The van der Waals surface area contributed by atoms with Crippen LogP contribution in [0, 0.1) is 10.1 Å². The third-order valence-corrected chi connectivity index (χ3v) is 7.09. The first-order valence-corrected chi connectivity index (χ1v) is 13.4. The van der Waals surface area contributed by atoms with Crippen molar-refractivity contribution in [2.75, 3.05) is 38.8 Å². The lowest BCUT2D eigenvalue weighted by Crippen LogP contribution is -2.47. The first-order chi connectivity index (χ1) is 21.5. The van der Waals surface area contributed by atoms with Crippen molar-refractivity contribution in [3.8, 4) is 11.1 Å². The molecule has 0 aliphatic carbocycles. The Morgan fingerprint density at radius 2 is 1.29 bits per heavy atom. The number of aromatic nitrogens is 4. The number of anilines is 2. The predicted octanol–water partition coefficient (Wildman–Crippen LogP) is 0.159. The van der Waals surface area contributed by atoms with Crippen molar-refractivity contribution < 1.29 is 14.5 Å². The molecule has 2 aromatic heterocycles. The maximum absolute atomic E-state index is 14.0. The van der Waals surface area contributed by atoms with Gasteiger partial charge in [-0.05, 0) is 28.8 Å². The number of nitrogens with zero attached hydrogens (tertiary/aromatic N) is 3. The van der Waals surface area contributed by atoms with E-state index in [0.717, 1.165) is 0 Å². The molecule has 0 saturated carbocycles. The molecule has 0 spiro atoms. The third-order valence-electron chi connectivity index (χ3n) is 7.09. The number of nitro groups is 1. The summed E-state index contributed by atoms with van der Waals surface area (Å²) < 4.78 is 0.997. The monoisotopic (exact) mass is 619 g/mol. The van der Waals surface area contributed by atoms with Crippen molar-refractivity contribution in [2.45, 2.75) is 12.5 Å². The lowest BCUT2D eigenvalue weighted by molar-refractivity contribution is -0.384. The van der Waals surface area contributed by atoms with E-state index in [9.17, 15) is 38.9 Å². The minimum absolute atomic E-state index is 0.0817. The Bertz CT molecular complexity index is 2020. The lowest BCUT2D eigenvalue weighted by Gasteiger charge is -2.23. The summed E-state index contributed by atoms with van der Waals surface area (Å²) in [4.78, 5) is 94.0. The molecule has 1 atom stereocenters. The number of likely N-dealkylation sites (N-methyl/N-ethyl adjacent to an activating group) is 1. The van der Waals surface area contributed by atoms with Crippen LogP contribution in [0.1, 0.15) is 22.6 Å². The van der Waals surface area contributed by atoms with Crippen LogP contribution in [0.3, 0.4) is 0 Å². The number of nitro benzene ring substituents is 1. The van der Waals surface area contributed by atoms with Crippen molar-refractivity contribution in [1.82, 2.24) is 29.7 Å². The number of hydrogen-bond acceptors (Lipinski definition) is 10. The van der Waals surface area contributed by atoms with E-state index < -0.39 is 51.8 Å². The van der Waals surface area contributed by atoms with E-state index in [1.165, 1.54) is 40.3 Å². The molecule has 17 nitrogen and oxygen atoms in total. The largest absolute Gasteiger partial charge is 0.374 e. The van der Waals surface area contributed by atoms with Crippen molar-refractivity contribution in [1.29, 1.82) is 0 Å². The number of amides is 2. The van der Waals surface area contributed by atoms with E-state index in [-0.39, 0.29) is 28.5 Å². The summed E-state index contributed by atoms with van der Waals surface area (Å²) in [6, 6.07) is 11.3. The van der Waals surface area contributed by atoms with Gasteiger partial charge in [-0.1, -0.05) is 24.3 Å². The maximum Gasteiger partial charge on any atom is 0.338 e. The fourth-order valence-electron chi connectivity index (χ4n) is 4.85. The van der Waals surface area contributed by atoms with E-state index in [2.05, 4.69) is 31.2 Å². The molecule has 45 heavy (non-hydrogen) atoms.